The van der Waals surface area contributed by atoms with Gasteiger partial charge in [-0.15, -0.1) is 22.7 Å². The number of alkyl halides is 6. The van der Waals surface area contributed by atoms with Gasteiger partial charge in [0.05, 0.1) is 32.5 Å². The number of piperidine rings is 2. The highest BCUT2D eigenvalue weighted by atomic mass is 32.1. The Morgan fingerprint density at radius 2 is 0.884 bits per heavy atom. The summed E-state index contributed by atoms with van der Waals surface area (Å²) in [5.74, 6) is 1.82. The fraction of sp³-hybridized carbons (Fsp3) is 0.265. The molecule has 10 nitrogen and oxygen atoms in total. The number of halogens is 6. The van der Waals surface area contributed by atoms with E-state index >= 15 is 0 Å². The average molecular weight is 1200 g/mol. The fourth-order valence-electron chi connectivity index (χ4n) is 11.7. The van der Waals surface area contributed by atoms with Crippen molar-refractivity contribution in [3.05, 3.63) is 212 Å². The number of imidazole rings is 2. The Labute approximate surface area is 503 Å². The summed E-state index contributed by atoms with van der Waals surface area (Å²) in [4.78, 5) is 51.1. The van der Waals surface area contributed by atoms with E-state index < -0.39 is 23.5 Å². The van der Waals surface area contributed by atoms with E-state index in [1.807, 2.05) is 46.2 Å². The zero-order chi connectivity index (χ0) is 60.3. The first-order chi connectivity index (χ1) is 41.5. The van der Waals surface area contributed by atoms with Gasteiger partial charge in [0.2, 0.25) is 0 Å². The van der Waals surface area contributed by atoms with E-state index in [4.69, 9.17) is 19.9 Å². The molecule has 10 aromatic rings. The highest BCUT2D eigenvalue weighted by Crippen LogP contribution is 2.40. The molecule has 12 rings (SSSR count). The Morgan fingerprint density at radius 3 is 1.31 bits per heavy atom. The van der Waals surface area contributed by atoms with Gasteiger partial charge in [0.25, 0.3) is 11.8 Å². The molecule has 86 heavy (non-hydrogen) atoms. The van der Waals surface area contributed by atoms with Crippen molar-refractivity contribution in [1.82, 2.24) is 38.9 Å². The second-order valence-corrected chi connectivity index (χ2v) is 23.3. The van der Waals surface area contributed by atoms with Gasteiger partial charge >= 0.3 is 12.4 Å². The lowest BCUT2D eigenvalue weighted by Gasteiger charge is -2.32. The van der Waals surface area contributed by atoms with Crippen LogP contribution in [-0.4, -0.2) is 76.9 Å². The maximum atomic E-state index is 13.8. The van der Waals surface area contributed by atoms with Crippen molar-refractivity contribution < 1.29 is 35.9 Å². The number of amides is 2. The van der Waals surface area contributed by atoms with Crippen LogP contribution in [0.2, 0.25) is 0 Å². The lowest BCUT2D eigenvalue weighted by Crippen LogP contribution is -2.39. The molecular weight excluding hydrogens is 1140 g/mol. The molecule has 0 aliphatic carbocycles. The molecule has 440 valence electrons. The van der Waals surface area contributed by atoms with Crippen LogP contribution in [0.15, 0.2) is 168 Å². The van der Waals surface area contributed by atoms with E-state index in [1.54, 1.807) is 71.2 Å². The third-order valence-electron chi connectivity index (χ3n) is 16.2. The van der Waals surface area contributed by atoms with E-state index in [2.05, 4.69) is 71.9 Å². The molecule has 0 radical (unpaired) electrons. The van der Waals surface area contributed by atoms with Crippen molar-refractivity contribution in [2.45, 2.75) is 90.7 Å². The summed E-state index contributed by atoms with van der Waals surface area (Å²) in [6.07, 6.45) is -5.47. The molecule has 2 amide bonds. The first-order valence-electron chi connectivity index (χ1n) is 28.8. The third-order valence-corrected chi connectivity index (χ3v) is 18.2. The molecule has 0 bridgehead atoms. The van der Waals surface area contributed by atoms with Gasteiger partial charge in [0, 0.05) is 95.5 Å². The van der Waals surface area contributed by atoms with Gasteiger partial charge in [-0.05, 0) is 112 Å². The number of benzene rings is 6. The number of carbonyl (C=O) groups excluding carboxylic acids is 2. The minimum atomic E-state index is -4.41. The molecule has 2 fully saturated rings. The summed E-state index contributed by atoms with van der Waals surface area (Å²) in [6, 6.07) is 44.5. The Kier molecular flexibility index (Phi) is 17.4. The van der Waals surface area contributed by atoms with Crippen molar-refractivity contribution in [2.75, 3.05) is 26.2 Å². The van der Waals surface area contributed by atoms with Crippen LogP contribution < -0.4 is 0 Å². The summed E-state index contributed by atoms with van der Waals surface area (Å²) >= 11 is 3.24. The molecule has 1 atom stereocenters. The van der Waals surface area contributed by atoms with Crippen molar-refractivity contribution in [1.29, 1.82) is 0 Å². The molecule has 4 aromatic heterocycles. The number of hydrogen-bond donors (Lipinski definition) is 0. The minimum Gasteiger partial charge on any atom is -0.339 e. The number of rotatable bonds is 12. The predicted octanol–water partition coefficient (Wildman–Crippen LogP) is 17.4. The molecule has 2 aliphatic rings. The smallest absolute Gasteiger partial charge is 0.339 e. The van der Waals surface area contributed by atoms with Crippen molar-refractivity contribution in [2.24, 2.45) is 0 Å². The Balaban J connectivity index is 0.000000179. The number of nitrogens with zero attached hydrogens (tertiary/aromatic N) is 8. The predicted molar refractivity (Wildman–Crippen MR) is 328 cm³/mol. The summed E-state index contributed by atoms with van der Waals surface area (Å²) in [5, 5.41) is 6.17. The van der Waals surface area contributed by atoms with Crippen molar-refractivity contribution >= 4 is 34.5 Å². The van der Waals surface area contributed by atoms with Crippen LogP contribution in [0.1, 0.15) is 105 Å². The SMILES string of the molecule is CCn1c(-c2csc(C3CCCN(C(=O)c4ccccc4-c4ccc(C(F)(F)F)cc4)C3)n2)nc(-c2ccccc2)c1C.CCn1c(-c2csc(C3CCN(C(=O)c4ccccc4-c4ccc(C(F)(F)F)cc4)CC3)n2)nc(-c2ccccc2)c1C. The fourth-order valence-corrected chi connectivity index (χ4v) is 13.6. The maximum Gasteiger partial charge on any atom is 0.416 e. The van der Waals surface area contributed by atoms with Crippen LogP contribution in [0.3, 0.4) is 0 Å². The standard InChI is InChI=1S/2C34H31F3N4OS/c1-3-41-22(2)30(24-10-5-4-6-11-24)39-31(41)29-21-43-32(38-29)25-12-9-19-40(20-25)33(42)28-14-8-7-13-27(28)23-15-17-26(18-16-23)34(35,36)37;1-3-41-22(2)30(24-9-5-4-6-10-24)39-31(41)29-21-43-32(38-29)25-17-19-40(20-18-25)33(42)28-12-8-7-11-27(28)23-13-15-26(16-14-23)34(35,36)37/h4-8,10-11,13-18,21,25H,3,9,12,19-20H2,1-2H3;4-16,21,25H,3,17-20H2,1-2H3. The van der Waals surface area contributed by atoms with Crippen LogP contribution in [0.25, 0.3) is 67.8 Å². The molecule has 0 saturated carbocycles. The summed E-state index contributed by atoms with van der Waals surface area (Å²) in [6.45, 7) is 12.3. The largest absolute Gasteiger partial charge is 0.416 e. The van der Waals surface area contributed by atoms with Gasteiger partial charge in [0.1, 0.15) is 11.4 Å². The number of likely N-dealkylation sites (tertiary alicyclic amines) is 2. The van der Waals surface area contributed by atoms with Gasteiger partial charge in [-0.3, -0.25) is 9.59 Å². The van der Waals surface area contributed by atoms with E-state index in [-0.39, 0.29) is 23.7 Å². The molecule has 2 aliphatic heterocycles. The molecule has 0 spiro atoms. The average Bonchev–Trinajstić information content (AvgIpc) is 2.08. The van der Waals surface area contributed by atoms with Gasteiger partial charge in [-0.25, -0.2) is 19.9 Å². The topological polar surface area (TPSA) is 102 Å². The Hall–Kier alpha value is -8.48. The van der Waals surface area contributed by atoms with Gasteiger partial charge in [0.15, 0.2) is 11.6 Å². The highest BCUT2D eigenvalue weighted by Gasteiger charge is 2.34. The summed E-state index contributed by atoms with van der Waals surface area (Å²) in [7, 11) is 0. The van der Waals surface area contributed by atoms with Crippen LogP contribution in [0.4, 0.5) is 26.3 Å². The zero-order valence-corrected chi connectivity index (χ0v) is 49.5. The van der Waals surface area contributed by atoms with Crippen LogP contribution >= 0.6 is 22.7 Å². The zero-order valence-electron chi connectivity index (χ0n) is 47.9. The first-order valence-corrected chi connectivity index (χ1v) is 30.5. The summed E-state index contributed by atoms with van der Waals surface area (Å²) in [5.41, 5.74) is 9.95. The molecule has 6 aromatic carbocycles. The van der Waals surface area contributed by atoms with E-state index in [9.17, 15) is 35.9 Å². The van der Waals surface area contributed by atoms with Crippen LogP contribution in [0.5, 0.6) is 0 Å². The molecule has 0 N–H and O–H groups in total. The van der Waals surface area contributed by atoms with Gasteiger partial charge in [-0.2, -0.15) is 26.3 Å². The first kappa shape index (κ1) is 59.3. The molecule has 1 unspecified atom stereocenters. The van der Waals surface area contributed by atoms with Gasteiger partial charge < -0.3 is 18.9 Å². The molecule has 6 heterocycles. The highest BCUT2D eigenvalue weighted by molar-refractivity contribution is 7.10. The minimum absolute atomic E-state index is 0.0920. The van der Waals surface area contributed by atoms with Crippen molar-refractivity contribution in [3.63, 3.8) is 0 Å². The Bertz CT molecular complexity index is 3990. The van der Waals surface area contributed by atoms with Crippen LogP contribution in [-0.2, 0) is 25.4 Å². The second-order valence-electron chi connectivity index (χ2n) is 21.5. The lowest BCUT2D eigenvalue weighted by atomic mass is 9.94. The number of carbonyl (C=O) groups is 2. The number of hydrogen-bond acceptors (Lipinski definition) is 8. The van der Waals surface area contributed by atoms with E-state index in [0.29, 0.717) is 59.6 Å². The maximum absolute atomic E-state index is 13.8. The quantitative estimate of drug-likeness (QED) is 0.113. The second kappa shape index (κ2) is 25.2. The van der Waals surface area contributed by atoms with E-state index in [0.717, 1.165) is 130 Å². The third kappa shape index (κ3) is 12.5. The van der Waals surface area contributed by atoms with Gasteiger partial charge in [-0.1, -0.05) is 121 Å². The molecule has 2 saturated heterocycles. The number of thiazole rings is 2. The number of aromatic nitrogens is 6. The normalized spacial score (nSPS) is 14.9. The Morgan fingerprint density at radius 1 is 0.477 bits per heavy atom. The summed E-state index contributed by atoms with van der Waals surface area (Å²) < 4.78 is 82.9. The molecular formula is C68H62F6N8O2S2. The lowest BCUT2D eigenvalue weighted by molar-refractivity contribution is -0.138. The van der Waals surface area contributed by atoms with Crippen molar-refractivity contribution in [3.8, 4) is 67.8 Å². The monoisotopic (exact) mass is 1200 g/mol. The van der Waals surface area contributed by atoms with Crippen LogP contribution in [0, 0.1) is 13.8 Å². The molecule has 18 heteroatoms. The van der Waals surface area contributed by atoms with E-state index in [1.165, 1.54) is 24.3 Å².